The molecule has 1 heterocycles. The lowest BCUT2D eigenvalue weighted by atomic mass is 10.2. The van der Waals surface area contributed by atoms with E-state index < -0.39 is 11.7 Å². The molecule has 2 rings (SSSR count). The molecule has 1 aromatic heterocycles. The lowest BCUT2D eigenvalue weighted by Crippen LogP contribution is -2.34. The van der Waals surface area contributed by atoms with Gasteiger partial charge < -0.3 is 24.7 Å². The number of carbonyl (C=O) groups excluding carboxylic acids is 2. The van der Waals surface area contributed by atoms with Crippen molar-refractivity contribution >= 4 is 12.0 Å². The lowest BCUT2D eigenvalue weighted by molar-refractivity contribution is 0.0527. The molecule has 0 saturated heterocycles. The van der Waals surface area contributed by atoms with Crippen molar-refractivity contribution in [2.75, 3.05) is 20.2 Å². The first-order chi connectivity index (χ1) is 13.6. The van der Waals surface area contributed by atoms with Gasteiger partial charge in [-0.25, -0.2) is 4.79 Å². The minimum absolute atomic E-state index is 0.130. The highest BCUT2D eigenvalue weighted by Gasteiger charge is 2.17. The van der Waals surface area contributed by atoms with Crippen molar-refractivity contribution in [3.63, 3.8) is 0 Å². The number of benzene rings is 1. The van der Waals surface area contributed by atoms with Crippen LogP contribution in [0.1, 0.15) is 48.9 Å². The summed E-state index contributed by atoms with van der Waals surface area (Å²) in [6.07, 6.45) is 0.161. The number of amides is 2. The second-order valence-electron chi connectivity index (χ2n) is 7.86. The maximum absolute atomic E-state index is 12.6. The van der Waals surface area contributed by atoms with Crippen molar-refractivity contribution in [3.8, 4) is 11.4 Å². The summed E-state index contributed by atoms with van der Waals surface area (Å²) in [5, 5.41) is 5.59. The smallest absolute Gasteiger partial charge is 0.407 e. The average molecular weight is 402 g/mol. The normalized spacial score (nSPS) is 11.1. The third-order valence-electron chi connectivity index (χ3n) is 4.31. The largest absolute Gasteiger partial charge is 0.497 e. The van der Waals surface area contributed by atoms with Crippen molar-refractivity contribution in [1.29, 1.82) is 0 Å². The highest BCUT2D eigenvalue weighted by atomic mass is 16.6. The van der Waals surface area contributed by atoms with E-state index in [2.05, 4.69) is 10.6 Å². The van der Waals surface area contributed by atoms with E-state index in [1.807, 2.05) is 69.5 Å². The lowest BCUT2D eigenvalue weighted by Gasteiger charge is -2.19. The van der Waals surface area contributed by atoms with Crippen LogP contribution in [0, 0.1) is 13.8 Å². The van der Waals surface area contributed by atoms with Crippen LogP contribution in [-0.2, 0) is 4.74 Å². The van der Waals surface area contributed by atoms with Crippen LogP contribution >= 0.6 is 0 Å². The van der Waals surface area contributed by atoms with Crippen LogP contribution in [0.3, 0.4) is 0 Å². The summed E-state index contributed by atoms with van der Waals surface area (Å²) in [7, 11) is 1.63. The molecule has 0 aliphatic rings. The Bertz CT molecular complexity index is 848. The molecule has 1 aromatic carbocycles. The summed E-state index contributed by atoms with van der Waals surface area (Å²) in [4.78, 5) is 24.2. The highest BCUT2D eigenvalue weighted by molar-refractivity contribution is 5.95. The summed E-state index contributed by atoms with van der Waals surface area (Å²) >= 11 is 0. The van der Waals surface area contributed by atoms with Crippen LogP contribution in [0.4, 0.5) is 4.79 Å². The van der Waals surface area contributed by atoms with Crippen LogP contribution < -0.4 is 15.4 Å². The van der Waals surface area contributed by atoms with Crippen molar-refractivity contribution in [2.45, 2.75) is 46.6 Å². The number of alkyl carbamates (subject to hydrolysis) is 1. The Morgan fingerprint density at radius 3 is 2.24 bits per heavy atom. The van der Waals surface area contributed by atoms with E-state index in [0.29, 0.717) is 25.1 Å². The molecular formula is C22H31N3O4. The Balaban J connectivity index is 1.90. The molecule has 7 heteroatoms. The Kier molecular flexibility index (Phi) is 7.31. The highest BCUT2D eigenvalue weighted by Crippen LogP contribution is 2.22. The van der Waals surface area contributed by atoms with Crippen LogP contribution in [0.5, 0.6) is 5.75 Å². The fourth-order valence-corrected chi connectivity index (χ4v) is 3.01. The number of hydrogen-bond acceptors (Lipinski definition) is 4. The van der Waals surface area contributed by atoms with Crippen molar-refractivity contribution < 1.29 is 19.1 Å². The minimum atomic E-state index is -0.523. The molecule has 0 unspecified atom stereocenters. The van der Waals surface area contributed by atoms with Gasteiger partial charge in [-0.05, 0) is 71.4 Å². The summed E-state index contributed by atoms with van der Waals surface area (Å²) in [6.45, 7) is 10.2. The van der Waals surface area contributed by atoms with Crippen LogP contribution in [0.15, 0.2) is 30.3 Å². The fraction of sp³-hybridized carbons (Fsp3) is 0.455. The van der Waals surface area contributed by atoms with Gasteiger partial charge in [-0.3, -0.25) is 4.79 Å². The molecule has 0 spiro atoms. The van der Waals surface area contributed by atoms with Gasteiger partial charge in [0, 0.05) is 30.2 Å². The minimum Gasteiger partial charge on any atom is -0.497 e. The van der Waals surface area contributed by atoms with Gasteiger partial charge in [-0.2, -0.15) is 0 Å². The number of aromatic nitrogens is 1. The number of carbonyl (C=O) groups is 2. The number of methoxy groups -OCH3 is 1. The van der Waals surface area contributed by atoms with E-state index in [0.717, 1.165) is 22.8 Å². The summed E-state index contributed by atoms with van der Waals surface area (Å²) in [5.74, 6) is 0.657. The van der Waals surface area contributed by atoms with Crippen molar-refractivity contribution in [1.82, 2.24) is 15.2 Å². The molecule has 29 heavy (non-hydrogen) atoms. The van der Waals surface area contributed by atoms with E-state index in [-0.39, 0.29) is 5.91 Å². The molecule has 0 aliphatic carbocycles. The van der Waals surface area contributed by atoms with E-state index in [1.165, 1.54) is 0 Å². The predicted octanol–water partition coefficient (Wildman–Crippen LogP) is 3.75. The molecule has 158 valence electrons. The predicted molar refractivity (Wildman–Crippen MR) is 113 cm³/mol. The number of ether oxygens (including phenoxy) is 2. The molecule has 0 bridgehead atoms. The molecule has 0 radical (unpaired) electrons. The van der Waals surface area contributed by atoms with Gasteiger partial charge in [0.15, 0.2) is 0 Å². The topological polar surface area (TPSA) is 81.6 Å². The third kappa shape index (κ3) is 6.27. The molecule has 7 nitrogen and oxygen atoms in total. The summed E-state index contributed by atoms with van der Waals surface area (Å²) in [5.41, 5.74) is 2.94. The van der Waals surface area contributed by atoms with E-state index in [9.17, 15) is 9.59 Å². The molecule has 0 saturated carbocycles. The fourth-order valence-electron chi connectivity index (χ4n) is 3.01. The number of nitrogens with zero attached hydrogens (tertiary/aromatic N) is 1. The van der Waals surface area contributed by atoms with Gasteiger partial charge >= 0.3 is 6.09 Å². The van der Waals surface area contributed by atoms with Crippen LogP contribution in [0.25, 0.3) is 5.69 Å². The van der Waals surface area contributed by atoms with E-state index >= 15 is 0 Å². The van der Waals surface area contributed by atoms with Crippen molar-refractivity contribution in [2.24, 2.45) is 0 Å². The second-order valence-corrected chi connectivity index (χ2v) is 7.86. The van der Waals surface area contributed by atoms with E-state index in [1.54, 1.807) is 7.11 Å². The second kappa shape index (κ2) is 9.49. The molecular weight excluding hydrogens is 370 g/mol. The molecule has 2 N–H and O–H groups in total. The zero-order valence-corrected chi connectivity index (χ0v) is 18.1. The first-order valence-electron chi connectivity index (χ1n) is 9.71. The number of hydrogen-bond donors (Lipinski definition) is 2. The summed E-state index contributed by atoms with van der Waals surface area (Å²) < 4.78 is 12.4. The Morgan fingerprint density at radius 2 is 1.66 bits per heavy atom. The van der Waals surface area contributed by atoms with E-state index in [4.69, 9.17) is 9.47 Å². The maximum atomic E-state index is 12.6. The van der Waals surface area contributed by atoms with Crippen molar-refractivity contribution in [3.05, 3.63) is 47.3 Å². The van der Waals surface area contributed by atoms with Gasteiger partial charge in [-0.1, -0.05) is 0 Å². The molecule has 0 aliphatic heterocycles. The number of rotatable bonds is 7. The third-order valence-corrected chi connectivity index (χ3v) is 4.31. The van der Waals surface area contributed by atoms with Crippen LogP contribution in [-0.4, -0.2) is 42.4 Å². The molecule has 2 amide bonds. The zero-order valence-electron chi connectivity index (χ0n) is 18.1. The zero-order chi connectivity index (χ0) is 21.6. The van der Waals surface area contributed by atoms with Gasteiger partial charge in [0.1, 0.15) is 11.4 Å². The number of aryl methyl sites for hydroxylation is 1. The van der Waals surface area contributed by atoms with Gasteiger partial charge in [0.2, 0.25) is 0 Å². The summed E-state index contributed by atoms with van der Waals surface area (Å²) in [6, 6.07) is 9.59. The Hall–Kier alpha value is -2.96. The molecule has 2 aromatic rings. The number of nitrogens with one attached hydrogen (secondary N) is 2. The first kappa shape index (κ1) is 22.3. The first-order valence-corrected chi connectivity index (χ1v) is 9.71. The quantitative estimate of drug-likeness (QED) is 0.693. The van der Waals surface area contributed by atoms with Gasteiger partial charge in [0.05, 0.1) is 12.7 Å². The Labute approximate surface area is 172 Å². The molecule has 0 fully saturated rings. The van der Waals surface area contributed by atoms with Crippen LogP contribution in [0.2, 0.25) is 0 Å². The SMILES string of the molecule is COc1ccc(-n2c(C)cc(C(=O)NCCCNC(=O)OC(C)(C)C)c2C)cc1. The standard InChI is InChI=1S/C22H31N3O4/c1-15-14-19(16(2)25(15)17-8-10-18(28-6)11-9-17)20(26)23-12-7-13-24-21(27)29-22(3,4)5/h8-11,14H,7,12-13H2,1-6H3,(H,23,26)(H,24,27). The molecule has 0 atom stereocenters. The average Bonchev–Trinajstić information content (AvgIpc) is 2.94. The monoisotopic (exact) mass is 401 g/mol. The van der Waals surface area contributed by atoms with Gasteiger partial charge in [0.25, 0.3) is 5.91 Å². The maximum Gasteiger partial charge on any atom is 0.407 e. The Morgan fingerprint density at radius 1 is 1.03 bits per heavy atom. The van der Waals surface area contributed by atoms with Gasteiger partial charge in [-0.15, -0.1) is 0 Å².